The normalized spacial score (nSPS) is 10.3. The summed E-state index contributed by atoms with van der Waals surface area (Å²) in [5.41, 5.74) is 0.523. The van der Waals surface area contributed by atoms with Crippen LogP contribution in [0.1, 0.15) is 9.67 Å². The lowest BCUT2D eigenvalue weighted by molar-refractivity contribution is -0.113. The molecule has 26 heavy (non-hydrogen) atoms. The molecule has 2 heterocycles. The van der Waals surface area contributed by atoms with Crippen LogP contribution in [0.3, 0.4) is 0 Å². The third kappa shape index (κ3) is 5.11. The number of thioether (sulfide) groups is 1. The zero-order valence-corrected chi connectivity index (χ0v) is 14.9. The number of anilines is 2. The van der Waals surface area contributed by atoms with Crippen molar-refractivity contribution in [3.05, 3.63) is 64.6 Å². The van der Waals surface area contributed by atoms with Gasteiger partial charge in [0, 0.05) is 5.69 Å². The Kier molecular flexibility index (Phi) is 5.92. The van der Waals surface area contributed by atoms with Gasteiger partial charge in [0.05, 0.1) is 10.6 Å². The van der Waals surface area contributed by atoms with E-state index in [-0.39, 0.29) is 23.4 Å². The molecule has 2 aromatic heterocycles. The summed E-state index contributed by atoms with van der Waals surface area (Å²) in [4.78, 5) is 24.4. The second kappa shape index (κ2) is 8.54. The second-order valence-electron chi connectivity index (χ2n) is 5.03. The number of carbonyl (C=O) groups excluding carboxylic acids is 2. The highest BCUT2D eigenvalue weighted by Crippen LogP contribution is 2.17. The summed E-state index contributed by atoms with van der Waals surface area (Å²) in [7, 11) is 0. The van der Waals surface area contributed by atoms with Crippen molar-refractivity contribution in [1.82, 2.24) is 10.2 Å². The van der Waals surface area contributed by atoms with Gasteiger partial charge >= 0.3 is 0 Å². The Balaban J connectivity index is 1.48. The van der Waals surface area contributed by atoms with Crippen LogP contribution in [-0.4, -0.2) is 27.8 Å². The first-order valence-corrected chi connectivity index (χ1v) is 9.33. The third-order valence-electron chi connectivity index (χ3n) is 3.11. The Labute approximate surface area is 156 Å². The van der Waals surface area contributed by atoms with Crippen LogP contribution in [0.2, 0.25) is 0 Å². The van der Waals surface area contributed by atoms with Gasteiger partial charge in [0.1, 0.15) is 10.8 Å². The molecule has 0 radical (unpaired) electrons. The molecule has 0 bridgehead atoms. The highest BCUT2D eigenvalue weighted by molar-refractivity contribution is 7.99. The van der Waals surface area contributed by atoms with Gasteiger partial charge in [0.25, 0.3) is 5.91 Å². The first kappa shape index (κ1) is 18.0. The van der Waals surface area contributed by atoms with Crippen LogP contribution < -0.4 is 10.6 Å². The smallest absolute Gasteiger partial charge is 0.266 e. The Morgan fingerprint density at radius 3 is 2.50 bits per heavy atom. The number of aromatic nitrogens is 2. The van der Waals surface area contributed by atoms with Crippen LogP contribution in [0.15, 0.2) is 58.9 Å². The number of hydrogen-bond acceptors (Lipinski definition) is 6. The van der Waals surface area contributed by atoms with Gasteiger partial charge in [-0.15, -0.1) is 21.5 Å². The molecule has 0 aliphatic rings. The van der Waals surface area contributed by atoms with Crippen LogP contribution in [0.25, 0.3) is 0 Å². The number of carbonyl (C=O) groups is 2. The Morgan fingerprint density at radius 2 is 1.85 bits per heavy atom. The molecular formula is C17H13FN4O2S2. The minimum absolute atomic E-state index is 0.132. The number of thiophene rings is 1. The summed E-state index contributed by atoms with van der Waals surface area (Å²) in [5.74, 6) is -0.373. The Hall–Kier alpha value is -2.78. The quantitative estimate of drug-likeness (QED) is 0.630. The van der Waals surface area contributed by atoms with Gasteiger partial charge in [-0.25, -0.2) is 4.39 Å². The topological polar surface area (TPSA) is 84.0 Å². The van der Waals surface area contributed by atoms with Gasteiger partial charge in [0.15, 0.2) is 5.82 Å². The lowest BCUT2D eigenvalue weighted by Gasteiger charge is -2.05. The van der Waals surface area contributed by atoms with Crippen LogP contribution >= 0.6 is 23.1 Å². The van der Waals surface area contributed by atoms with Crippen molar-refractivity contribution in [2.24, 2.45) is 0 Å². The molecule has 3 rings (SSSR count). The lowest BCUT2D eigenvalue weighted by Crippen LogP contribution is -2.14. The molecule has 132 valence electrons. The number of hydrogen-bond donors (Lipinski definition) is 2. The summed E-state index contributed by atoms with van der Waals surface area (Å²) in [6, 6.07) is 12.3. The monoisotopic (exact) mass is 388 g/mol. The van der Waals surface area contributed by atoms with E-state index in [9.17, 15) is 14.0 Å². The maximum Gasteiger partial charge on any atom is 0.266 e. The standard InChI is InChI=1S/C17H13FN4O2S2/c18-11-3-5-12(6-4-11)19-15(23)10-26-16-8-7-14(21-22-16)20-17(24)13-2-1-9-25-13/h1-9H,10H2,(H,19,23)(H,20,21,24). The zero-order chi connectivity index (χ0) is 18.4. The van der Waals surface area contributed by atoms with Gasteiger partial charge in [-0.05, 0) is 47.8 Å². The first-order chi connectivity index (χ1) is 12.6. The molecule has 1 aromatic carbocycles. The largest absolute Gasteiger partial charge is 0.325 e. The van der Waals surface area contributed by atoms with Crippen molar-refractivity contribution in [2.75, 3.05) is 16.4 Å². The fraction of sp³-hybridized carbons (Fsp3) is 0.0588. The number of nitrogens with zero attached hydrogens (tertiary/aromatic N) is 2. The van der Waals surface area contributed by atoms with Crippen LogP contribution in [0.4, 0.5) is 15.9 Å². The zero-order valence-electron chi connectivity index (χ0n) is 13.3. The average molecular weight is 388 g/mol. The lowest BCUT2D eigenvalue weighted by atomic mass is 10.3. The SMILES string of the molecule is O=C(CSc1ccc(NC(=O)c2cccs2)nn1)Nc1ccc(F)cc1. The molecule has 0 saturated carbocycles. The molecule has 0 atom stereocenters. The van der Waals surface area contributed by atoms with Crippen molar-refractivity contribution in [3.8, 4) is 0 Å². The van der Waals surface area contributed by atoms with Crippen LogP contribution in [-0.2, 0) is 4.79 Å². The van der Waals surface area contributed by atoms with Crippen LogP contribution in [0.5, 0.6) is 0 Å². The highest BCUT2D eigenvalue weighted by Gasteiger charge is 2.09. The maximum atomic E-state index is 12.8. The molecule has 0 saturated heterocycles. The van der Waals surface area contributed by atoms with E-state index in [1.807, 2.05) is 5.38 Å². The maximum absolute atomic E-state index is 12.8. The number of halogens is 1. The summed E-state index contributed by atoms with van der Waals surface area (Å²) in [6.07, 6.45) is 0. The number of nitrogens with one attached hydrogen (secondary N) is 2. The van der Waals surface area contributed by atoms with Crippen molar-refractivity contribution in [1.29, 1.82) is 0 Å². The van der Waals surface area contributed by atoms with E-state index in [2.05, 4.69) is 20.8 Å². The molecule has 3 aromatic rings. The molecule has 2 N–H and O–H groups in total. The minimum Gasteiger partial charge on any atom is -0.325 e. The van der Waals surface area contributed by atoms with Gasteiger partial charge in [-0.2, -0.15) is 0 Å². The molecule has 2 amide bonds. The molecule has 9 heteroatoms. The average Bonchev–Trinajstić information content (AvgIpc) is 3.18. The summed E-state index contributed by atoms with van der Waals surface area (Å²) in [5, 5.41) is 15.6. The number of benzene rings is 1. The van der Waals surface area contributed by atoms with Crippen molar-refractivity contribution >= 4 is 46.4 Å². The van der Waals surface area contributed by atoms with E-state index in [0.717, 1.165) is 0 Å². The Morgan fingerprint density at radius 1 is 1.04 bits per heavy atom. The summed E-state index contributed by atoms with van der Waals surface area (Å²) in [6.45, 7) is 0. The van der Waals surface area contributed by atoms with Gasteiger partial charge < -0.3 is 10.6 Å². The molecule has 0 unspecified atom stereocenters. The van der Waals surface area contributed by atoms with E-state index >= 15 is 0 Å². The molecule has 0 aliphatic heterocycles. The van der Waals surface area contributed by atoms with Crippen molar-refractivity contribution in [2.45, 2.75) is 5.03 Å². The van der Waals surface area contributed by atoms with E-state index in [1.165, 1.54) is 47.4 Å². The fourth-order valence-corrected chi connectivity index (χ4v) is 3.15. The predicted molar refractivity (Wildman–Crippen MR) is 100 cm³/mol. The minimum atomic E-state index is -0.362. The third-order valence-corrected chi connectivity index (χ3v) is 4.89. The fourth-order valence-electron chi connectivity index (χ4n) is 1.92. The molecule has 0 spiro atoms. The van der Waals surface area contributed by atoms with Gasteiger partial charge in [0.2, 0.25) is 5.91 Å². The van der Waals surface area contributed by atoms with E-state index in [1.54, 1.807) is 24.3 Å². The van der Waals surface area contributed by atoms with Crippen molar-refractivity contribution in [3.63, 3.8) is 0 Å². The second-order valence-corrected chi connectivity index (χ2v) is 6.98. The van der Waals surface area contributed by atoms with E-state index in [4.69, 9.17) is 0 Å². The summed E-state index contributed by atoms with van der Waals surface area (Å²) >= 11 is 2.54. The van der Waals surface area contributed by atoms with E-state index < -0.39 is 0 Å². The predicted octanol–water partition coefficient (Wildman–Crippen LogP) is 3.66. The molecule has 0 fully saturated rings. The van der Waals surface area contributed by atoms with Crippen LogP contribution in [0, 0.1) is 5.82 Å². The van der Waals surface area contributed by atoms with Crippen molar-refractivity contribution < 1.29 is 14.0 Å². The summed E-state index contributed by atoms with van der Waals surface area (Å²) < 4.78 is 12.8. The first-order valence-electron chi connectivity index (χ1n) is 7.47. The molecule has 6 nitrogen and oxygen atoms in total. The van der Waals surface area contributed by atoms with Gasteiger partial charge in [-0.3, -0.25) is 9.59 Å². The van der Waals surface area contributed by atoms with E-state index in [0.29, 0.717) is 21.4 Å². The molecular weight excluding hydrogens is 375 g/mol. The molecule has 0 aliphatic carbocycles. The number of amides is 2. The highest BCUT2D eigenvalue weighted by atomic mass is 32.2. The Bertz CT molecular complexity index is 884. The number of rotatable bonds is 6. The van der Waals surface area contributed by atoms with Gasteiger partial charge in [-0.1, -0.05) is 17.8 Å².